The molecule has 0 amide bonds. The lowest BCUT2D eigenvalue weighted by Gasteiger charge is -2.21. The first-order valence-corrected chi connectivity index (χ1v) is 7.30. The average Bonchev–Trinajstić information content (AvgIpc) is 2.47. The second-order valence-corrected chi connectivity index (χ2v) is 7.06. The Hall–Kier alpha value is 0.620. The van der Waals surface area contributed by atoms with Crippen molar-refractivity contribution < 1.29 is 0 Å². The Labute approximate surface area is 106 Å². The zero-order valence-corrected chi connectivity index (χ0v) is 11.8. The summed E-state index contributed by atoms with van der Waals surface area (Å²) in [6, 6.07) is 2.24. The van der Waals surface area contributed by atoms with E-state index in [0.29, 0.717) is 0 Å². The van der Waals surface area contributed by atoms with Crippen molar-refractivity contribution in [3.63, 3.8) is 0 Å². The predicted octanol–water partition coefficient (Wildman–Crippen LogP) is 3.82. The standard InChI is InChI=1S/C10H13Br2NS/c11-9-5-8(14-10(9)12)4-7-2-1-3-13-6-7/h5,7,13H,1-4,6H2/t7-/m1/s1. The zero-order chi connectivity index (χ0) is 9.97. The third-order valence-electron chi connectivity index (χ3n) is 2.58. The SMILES string of the molecule is Brc1cc(C[C@H]2CCCNC2)sc1Br. The van der Waals surface area contributed by atoms with Gasteiger partial charge in [-0.15, -0.1) is 11.3 Å². The largest absolute Gasteiger partial charge is 0.316 e. The summed E-state index contributed by atoms with van der Waals surface area (Å²) in [4.78, 5) is 1.48. The van der Waals surface area contributed by atoms with Gasteiger partial charge in [0.05, 0.1) is 3.79 Å². The summed E-state index contributed by atoms with van der Waals surface area (Å²) in [5.74, 6) is 0.834. The first-order valence-electron chi connectivity index (χ1n) is 4.90. The van der Waals surface area contributed by atoms with Crippen LogP contribution in [0.15, 0.2) is 14.3 Å². The van der Waals surface area contributed by atoms with E-state index >= 15 is 0 Å². The smallest absolute Gasteiger partial charge is 0.0843 e. The van der Waals surface area contributed by atoms with Gasteiger partial charge in [-0.3, -0.25) is 0 Å². The molecule has 1 fully saturated rings. The van der Waals surface area contributed by atoms with Crippen LogP contribution in [-0.4, -0.2) is 13.1 Å². The number of nitrogens with one attached hydrogen (secondary N) is 1. The summed E-state index contributed by atoms with van der Waals surface area (Å²) < 4.78 is 2.41. The second-order valence-electron chi connectivity index (χ2n) is 3.75. The van der Waals surface area contributed by atoms with Gasteiger partial charge in [0, 0.05) is 9.35 Å². The summed E-state index contributed by atoms with van der Waals surface area (Å²) >= 11 is 8.92. The minimum atomic E-state index is 0.834. The molecule has 0 unspecified atom stereocenters. The molecule has 1 atom stereocenters. The molecule has 1 aliphatic heterocycles. The Bertz CT molecular complexity index is 286. The maximum Gasteiger partial charge on any atom is 0.0843 e. The van der Waals surface area contributed by atoms with Gasteiger partial charge < -0.3 is 5.32 Å². The van der Waals surface area contributed by atoms with Crippen molar-refractivity contribution in [1.29, 1.82) is 0 Å². The monoisotopic (exact) mass is 337 g/mol. The number of hydrogen-bond acceptors (Lipinski definition) is 2. The molecule has 14 heavy (non-hydrogen) atoms. The third kappa shape index (κ3) is 2.81. The molecule has 1 aromatic heterocycles. The fourth-order valence-electron chi connectivity index (χ4n) is 1.87. The number of hydrogen-bond donors (Lipinski definition) is 1. The van der Waals surface area contributed by atoms with E-state index in [1.165, 1.54) is 45.5 Å². The molecular weight excluding hydrogens is 326 g/mol. The van der Waals surface area contributed by atoms with E-state index in [9.17, 15) is 0 Å². The molecule has 1 aromatic rings. The van der Waals surface area contributed by atoms with Crippen LogP contribution in [0.4, 0.5) is 0 Å². The Balaban J connectivity index is 1.95. The topological polar surface area (TPSA) is 12.0 Å². The molecule has 4 heteroatoms. The lowest BCUT2D eigenvalue weighted by atomic mass is 9.96. The van der Waals surface area contributed by atoms with E-state index in [0.717, 1.165) is 5.92 Å². The molecule has 0 aliphatic carbocycles. The summed E-state index contributed by atoms with van der Waals surface area (Å²) in [7, 11) is 0. The minimum Gasteiger partial charge on any atom is -0.316 e. The second kappa shape index (κ2) is 5.10. The van der Waals surface area contributed by atoms with E-state index in [2.05, 4.69) is 43.2 Å². The number of thiophene rings is 1. The van der Waals surface area contributed by atoms with Gasteiger partial charge in [-0.2, -0.15) is 0 Å². The van der Waals surface area contributed by atoms with Crippen LogP contribution in [0.2, 0.25) is 0 Å². The maximum atomic E-state index is 3.54. The van der Waals surface area contributed by atoms with Crippen molar-refractivity contribution in [2.24, 2.45) is 5.92 Å². The zero-order valence-electron chi connectivity index (χ0n) is 7.85. The van der Waals surface area contributed by atoms with Crippen LogP contribution in [0.3, 0.4) is 0 Å². The quantitative estimate of drug-likeness (QED) is 0.864. The highest BCUT2D eigenvalue weighted by molar-refractivity contribution is 9.13. The van der Waals surface area contributed by atoms with Gasteiger partial charge in [0.25, 0.3) is 0 Å². The molecule has 0 spiro atoms. The van der Waals surface area contributed by atoms with Crippen molar-refractivity contribution >= 4 is 43.2 Å². The van der Waals surface area contributed by atoms with Crippen molar-refractivity contribution in [2.75, 3.05) is 13.1 Å². The van der Waals surface area contributed by atoms with E-state index in [-0.39, 0.29) is 0 Å². The Morgan fingerprint density at radius 3 is 2.93 bits per heavy atom. The van der Waals surface area contributed by atoms with Crippen LogP contribution in [-0.2, 0) is 6.42 Å². The molecule has 1 nitrogen and oxygen atoms in total. The van der Waals surface area contributed by atoms with Crippen LogP contribution in [0.1, 0.15) is 17.7 Å². The first-order chi connectivity index (χ1) is 6.75. The molecule has 1 saturated heterocycles. The van der Waals surface area contributed by atoms with Crippen molar-refractivity contribution in [1.82, 2.24) is 5.32 Å². The highest BCUT2D eigenvalue weighted by atomic mass is 79.9. The normalized spacial score (nSPS) is 22.6. The van der Waals surface area contributed by atoms with Crippen molar-refractivity contribution in [2.45, 2.75) is 19.3 Å². The van der Waals surface area contributed by atoms with Gasteiger partial charge in [-0.1, -0.05) is 0 Å². The molecule has 0 aromatic carbocycles. The van der Waals surface area contributed by atoms with E-state index < -0.39 is 0 Å². The van der Waals surface area contributed by atoms with Crippen LogP contribution < -0.4 is 5.32 Å². The summed E-state index contributed by atoms with van der Waals surface area (Å²) in [6.07, 6.45) is 3.93. The molecule has 1 N–H and O–H groups in total. The molecular formula is C10H13Br2NS. The first kappa shape index (κ1) is 11.1. The molecule has 1 aliphatic rings. The third-order valence-corrected chi connectivity index (χ3v) is 5.86. The Morgan fingerprint density at radius 1 is 1.50 bits per heavy atom. The van der Waals surface area contributed by atoms with E-state index in [1.807, 2.05) is 11.3 Å². The fraction of sp³-hybridized carbons (Fsp3) is 0.600. The van der Waals surface area contributed by atoms with Crippen LogP contribution >= 0.6 is 43.2 Å². The number of piperidine rings is 1. The lowest BCUT2D eigenvalue weighted by molar-refractivity contribution is 0.378. The van der Waals surface area contributed by atoms with Crippen LogP contribution in [0.5, 0.6) is 0 Å². The Kier molecular flexibility index (Phi) is 4.05. The summed E-state index contributed by atoms with van der Waals surface area (Å²) in [5.41, 5.74) is 0. The van der Waals surface area contributed by atoms with E-state index in [4.69, 9.17) is 0 Å². The molecule has 2 heterocycles. The minimum absolute atomic E-state index is 0.834. The van der Waals surface area contributed by atoms with Gasteiger partial charge in [-0.25, -0.2) is 0 Å². The van der Waals surface area contributed by atoms with Crippen molar-refractivity contribution in [3.8, 4) is 0 Å². The van der Waals surface area contributed by atoms with Crippen LogP contribution in [0, 0.1) is 5.92 Å². The Morgan fingerprint density at radius 2 is 2.36 bits per heavy atom. The summed E-state index contributed by atoms with van der Waals surface area (Å²) in [5, 5.41) is 3.46. The van der Waals surface area contributed by atoms with Gasteiger partial charge in [0.15, 0.2) is 0 Å². The lowest BCUT2D eigenvalue weighted by Crippen LogP contribution is -2.30. The van der Waals surface area contributed by atoms with Gasteiger partial charge >= 0.3 is 0 Å². The average molecular weight is 339 g/mol. The highest BCUT2D eigenvalue weighted by Gasteiger charge is 2.15. The predicted molar refractivity (Wildman–Crippen MR) is 69.0 cm³/mol. The van der Waals surface area contributed by atoms with Gasteiger partial charge in [0.2, 0.25) is 0 Å². The molecule has 2 rings (SSSR count). The molecule has 0 saturated carbocycles. The number of halogens is 2. The van der Waals surface area contributed by atoms with Crippen LogP contribution in [0.25, 0.3) is 0 Å². The van der Waals surface area contributed by atoms with Gasteiger partial charge in [0.1, 0.15) is 0 Å². The highest BCUT2D eigenvalue weighted by Crippen LogP contribution is 2.34. The fourth-order valence-corrected chi connectivity index (χ4v) is 4.17. The molecule has 0 bridgehead atoms. The van der Waals surface area contributed by atoms with E-state index in [1.54, 1.807) is 0 Å². The maximum absolute atomic E-state index is 3.54. The van der Waals surface area contributed by atoms with Crippen molar-refractivity contribution in [3.05, 3.63) is 19.2 Å². The summed E-state index contributed by atoms with van der Waals surface area (Å²) in [6.45, 7) is 2.39. The molecule has 0 radical (unpaired) electrons. The van der Waals surface area contributed by atoms with Gasteiger partial charge in [-0.05, 0) is 76.2 Å². The molecule has 78 valence electrons. The number of rotatable bonds is 2.